The summed E-state index contributed by atoms with van der Waals surface area (Å²) < 4.78 is 4.78. The Kier molecular flexibility index (Phi) is 5.70. The van der Waals surface area contributed by atoms with Crippen molar-refractivity contribution in [2.45, 2.75) is 6.10 Å². The average molecular weight is 193 g/mol. The first-order valence-electron chi connectivity index (χ1n) is 3.45. The van der Waals surface area contributed by atoms with E-state index in [4.69, 9.17) is 22.1 Å². The molecule has 3 N–H and O–H groups in total. The highest BCUT2D eigenvalue weighted by Gasteiger charge is 2.14. The van der Waals surface area contributed by atoms with E-state index in [1.807, 2.05) is 0 Å². The quantitative estimate of drug-likeness (QED) is 0.636. The van der Waals surface area contributed by atoms with Crippen LogP contribution in [0.3, 0.4) is 0 Å². The van der Waals surface area contributed by atoms with E-state index < -0.39 is 6.10 Å². The Morgan fingerprint density at radius 2 is 2.42 bits per heavy atom. The molecule has 4 nitrogen and oxygen atoms in total. The van der Waals surface area contributed by atoms with Crippen LogP contribution in [0.15, 0.2) is 11.6 Å². The molecular weight excluding hydrogens is 180 g/mol. The largest absolute Gasteiger partial charge is 0.370 e. The van der Waals surface area contributed by atoms with Gasteiger partial charge in [0.2, 0.25) is 0 Å². The second-order valence-corrected chi connectivity index (χ2v) is 2.73. The lowest BCUT2D eigenvalue weighted by atomic mass is 10.3. The SMILES string of the molecule is C=C(Cl)CNC(=O)C(CN)OC. The molecule has 0 bridgehead atoms. The van der Waals surface area contributed by atoms with Crippen LogP contribution in [0.2, 0.25) is 0 Å². The lowest BCUT2D eigenvalue weighted by Gasteiger charge is -2.12. The summed E-state index contributed by atoms with van der Waals surface area (Å²) in [6, 6.07) is 0. The number of hydrogen-bond donors (Lipinski definition) is 2. The Morgan fingerprint density at radius 3 is 2.75 bits per heavy atom. The first kappa shape index (κ1) is 11.4. The average Bonchev–Trinajstić information content (AvgIpc) is 2.03. The fraction of sp³-hybridized carbons (Fsp3) is 0.571. The molecule has 0 aromatic carbocycles. The summed E-state index contributed by atoms with van der Waals surface area (Å²) >= 11 is 5.43. The highest BCUT2D eigenvalue weighted by Crippen LogP contribution is 1.93. The molecule has 0 aromatic heterocycles. The number of methoxy groups -OCH3 is 1. The summed E-state index contributed by atoms with van der Waals surface area (Å²) in [6.07, 6.45) is -0.610. The van der Waals surface area contributed by atoms with Crippen LogP contribution >= 0.6 is 11.6 Å². The second-order valence-electron chi connectivity index (χ2n) is 2.20. The van der Waals surface area contributed by atoms with E-state index >= 15 is 0 Å². The fourth-order valence-electron chi connectivity index (χ4n) is 0.607. The predicted molar refractivity (Wildman–Crippen MR) is 47.9 cm³/mol. The predicted octanol–water partition coefficient (Wildman–Crippen LogP) is -0.171. The molecule has 12 heavy (non-hydrogen) atoms. The monoisotopic (exact) mass is 192 g/mol. The number of halogens is 1. The van der Waals surface area contributed by atoms with Crippen LogP contribution in [0, 0.1) is 0 Å². The molecule has 0 spiro atoms. The zero-order valence-corrected chi connectivity index (χ0v) is 7.73. The van der Waals surface area contributed by atoms with Crippen LogP contribution < -0.4 is 11.1 Å². The van der Waals surface area contributed by atoms with E-state index in [-0.39, 0.29) is 19.0 Å². The summed E-state index contributed by atoms with van der Waals surface area (Å²) in [5.41, 5.74) is 5.25. The van der Waals surface area contributed by atoms with Gasteiger partial charge in [-0.25, -0.2) is 0 Å². The maximum Gasteiger partial charge on any atom is 0.250 e. The van der Waals surface area contributed by atoms with E-state index in [2.05, 4.69) is 11.9 Å². The Hall–Kier alpha value is -0.580. The molecule has 0 radical (unpaired) electrons. The number of carbonyl (C=O) groups excluding carboxylic acids is 1. The van der Waals surface area contributed by atoms with Crippen LogP contribution in [0.25, 0.3) is 0 Å². The van der Waals surface area contributed by atoms with Crippen molar-refractivity contribution in [1.82, 2.24) is 5.32 Å². The highest BCUT2D eigenvalue weighted by atomic mass is 35.5. The molecule has 1 amide bonds. The molecule has 0 aliphatic rings. The Morgan fingerprint density at radius 1 is 1.83 bits per heavy atom. The lowest BCUT2D eigenvalue weighted by Crippen LogP contribution is -2.40. The van der Waals surface area contributed by atoms with E-state index in [0.717, 1.165) is 0 Å². The van der Waals surface area contributed by atoms with Crippen LogP contribution in [-0.2, 0) is 9.53 Å². The molecule has 0 fully saturated rings. The minimum atomic E-state index is -0.610. The van der Waals surface area contributed by atoms with Gasteiger partial charge in [-0.2, -0.15) is 0 Å². The van der Waals surface area contributed by atoms with Crippen molar-refractivity contribution in [2.75, 3.05) is 20.2 Å². The highest BCUT2D eigenvalue weighted by molar-refractivity contribution is 6.29. The minimum Gasteiger partial charge on any atom is -0.370 e. The van der Waals surface area contributed by atoms with E-state index in [1.165, 1.54) is 7.11 Å². The summed E-state index contributed by atoms with van der Waals surface area (Å²) in [7, 11) is 1.42. The third-order valence-corrected chi connectivity index (χ3v) is 1.38. The number of hydrogen-bond acceptors (Lipinski definition) is 3. The molecule has 0 rings (SSSR count). The molecule has 70 valence electrons. The molecule has 0 aromatic rings. The van der Waals surface area contributed by atoms with Gasteiger partial charge in [-0.3, -0.25) is 4.79 Å². The molecule has 0 saturated heterocycles. The van der Waals surface area contributed by atoms with Gasteiger partial charge in [0.1, 0.15) is 6.10 Å². The topological polar surface area (TPSA) is 64.4 Å². The van der Waals surface area contributed by atoms with Crippen molar-refractivity contribution >= 4 is 17.5 Å². The van der Waals surface area contributed by atoms with Gasteiger partial charge >= 0.3 is 0 Å². The van der Waals surface area contributed by atoms with Gasteiger partial charge in [0.25, 0.3) is 5.91 Å². The fourth-order valence-corrected chi connectivity index (χ4v) is 0.674. The first-order valence-corrected chi connectivity index (χ1v) is 3.83. The summed E-state index contributed by atoms with van der Waals surface area (Å²) in [4.78, 5) is 11.1. The molecule has 0 saturated carbocycles. The number of rotatable bonds is 5. The van der Waals surface area contributed by atoms with Gasteiger partial charge in [-0.15, -0.1) is 0 Å². The third-order valence-electron chi connectivity index (χ3n) is 1.25. The minimum absolute atomic E-state index is 0.150. The van der Waals surface area contributed by atoms with Crippen molar-refractivity contribution in [3.8, 4) is 0 Å². The third kappa shape index (κ3) is 4.33. The van der Waals surface area contributed by atoms with E-state index in [0.29, 0.717) is 5.03 Å². The van der Waals surface area contributed by atoms with Gasteiger partial charge in [-0.05, 0) is 0 Å². The molecule has 5 heteroatoms. The molecule has 1 atom stereocenters. The Labute approximate surface area is 76.7 Å². The van der Waals surface area contributed by atoms with Crippen LogP contribution in [0.4, 0.5) is 0 Å². The van der Waals surface area contributed by atoms with Gasteiger partial charge in [0.15, 0.2) is 0 Å². The number of carbonyl (C=O) groups is 1. The number of ether oxygens (including phenoxy) is 1. The standard InChI is InChI=1S/C7H13ClN2O2/c1-5(8)4-10-7(11)6(3-9)12-2/h6H,1,3-4,9H2,2H3,(H,10,11). The zero-order valence-electron chi connectivity index (χ0n) is 6.97. The maximum absolute atomic E-state index is 11.1. The molecule has 0 heterocycles. The van der Waals surface area contributed by atoms with Crippen molar-refractivity contribution in [1.29, 1.82) is 0 Å². The molecular formula is C7H13ClN2O2. The van der Waals surface area contributed by atoms with Crippen molar-refractivity contribution < 1.29 is 9.53 Å². The van der Waals surface area contributed by atoms with Crippen molar-refractivity contribution in [2.24, 2.45) is 5.73 Å². The second kappa shape index (κ2) is 5.99. The van der Waals surface area contributed by atoms with E-state index in [1.54, 1.807) is 0 Å². The van der Waals surface area contributed by atoms with E-state index in [9.17, 15) is 4.79 Å². The van der Waals surface area contributed by atoms with Crippen molar-refractivity contribution in [3.63, 3.8) is 0 Å². The first-order chi connectivity index (χ1) is 5.61. The molecule has 1 unspecified atom stereocenters. The van der Waals surface area contributed by atoms with Gasteiger partial charge in [0.05, 0.1) is 6.54 Å². The Bertz CT molecular complexity index is 169. The van der Waals surface area contributed by atoms with Crippen LogP contribution in [-0.4, -0.2) is 32.2 Å². The zero-order chi connectivity index (χ0) is 9.56. The van der Waals surface area contributed by atoms with Crippen LogP contribution in [0.1, 0.15) is 0 Å². The van der Waals surface area contributed by atoms with Gasteiger partial charge < -0.3 is 15.8 Å². The number of nitrogens with two attached hydrogens (primary N) is 1. The van der Waals surface area contributed by atoms with Crippen LogP contribution in [0.5, 0.6) is 0 Å². The molecule has 0 aliphatic carbocycles. The number of nitrogens with one attached hydrogen (secondary N) is 1. The van der Waals surface area contributed by atoms with Gasteiger partial charge in [0, 0.05) is 18.7 Å². The lowest BCUT2D eigenvalue weighted by molar-refractivity contribution is -0.130. The van der Waals surface area contributed by atoms with Crippen molar-refractivity contribution in [3.05, 3.63) is 11.6 Å². The molecule has 0 aliphatic heterocycles. The number of amides is 1. The smallest absolute Gasteiger partial charge is 0.250 e. The Balaban J connectivity index is 3.77. The summed E-state index contributed by atoms with van der Waals surface area (Å²) in [5.74, 6) is -0.276. The van der Waals surface area contributed by atoms with Gasteiger partial charge in [-0.1, -0.05) is 18.2 Å². The summed E-state index contributed by atoms with van der Waals surface area (Å²) in [5, 5.41) is 2.88. The maximum atomic E-state index is 11.1. The summed E-state index contributed by atoms with van der Waals surface area (Å²) in [6.45, 7) is 3.80. The normalized spacial score (nSPS) is 12.2.